The number of hydrogen-bond acceptors (Lipinski definition) is 3. The summed E-state index contributed by atoms with van der Waals surface area (Å²) in [4.78, 5) is 23.7. The Hall–Kier alpha value is -1.59. The van der Waals surface area contributed by atoms with Gasteiger partial charge in [-0.1, -0.05) is 29.8 Å². The van der Waals surface area contributed by atoms with Crippen molar-refractivity contribution >= 4 is 44.9 Å². The molecule has 2 aromatic rings. The van der Waals surface area contributed by atoms with Gasteiger partial charge in [-0.05, 0) is 18.9 Å². The van der Waals surface area contributed by atoms with Crippen molar-refractivity contribution in [3.8, 4) is 0 Å². The minimum Gasteiger partial charge on any atom is -0.481 e. The van der Waals surface area contributed by atoms with Crippen molar-refractivity contribution in [1.82, 2.24) is 5.32 Å². The molecule has 20 heavy (non-hydrogen) atoms. The number of carboxylic acids is 1. The van der Waals surface area contributed by atoms with E-state index in [0.29, 0.717) is 22.7 Å². The van der Waals surface area contributed by atoms with Crippen molar-refractivity contribution in [3.63, 3.8) is 0 Å². The zero-order valence-corrected chi connectivity index (χ0v) is 12.1. The summed E-state index contributed by atoms with van der Waals surface area (Å²) in [6.07, 6.45) is 1.23. The third-order valence-corrected chi connectivity index (χ3v) is 5.31. The van der Waals surface area contributed by atoms with E-state index in [1.165, 1.54) is 11.3 Å². The first-order valence-electron chi connectivity index (χ1n) is 6.22. The topological polar surface area (TPSA) is 66.4 Å². The van der Waals surface area contributed by atoms with Crippen molar-refractivity contribution in [3.05, 3.63) is 34.2 Å². The van der Waals surface area contributed by atoms with Gasteiger partial charge >= 0.3 is 5.97 Å². The highest BCUT2D eigenvalue weighted by molar-refractivity contribution is 7.21. The Morgan fingerprint density at radius 3 is 2.65 bits per heavy atom. The molecule has 1 amide bonds. The molecule has 0 atom stereocenters. The van der Waals surface area contributed by atoms with E-state index in [-0.39, 0.29) is 12.5 Å². The third kappa shape index (κ3) is 2.17. The molecule has 6 heteroatoms. The molecule has 1 heterocycles. The number of carboxylic acid groups (broad SMARTS) is 1. The van der Waals surface area contributed by atoms with Crippen molar-refractivity contribution in [2.24, 2.45) is 5.41 Å². The van der Waals surface area contributed by atoms with Gasteiger partial charge < -0.3 is 10.4 Å². The summed E-state index contributed by atoms with van der Waals surface area (Å²) in [6, 6.07) is 7.53. The molecule has 1 aliphatic carbocycles. The summed E-state index contributed by atoms with van der Waals surface area (Å²) in [6.45, 7) is 0.158. The van der Waals surface area contributed by atoms with Gasteiger partial charge in [0, 0.05) is 16.6 Å². The summed E-state index contributed by atoms with van der Waals surface area (Å²) in [5, 5.41) is 13.1. The van der Waals surface area contributed by atoms with Crippen LogP contribution >= 0.6 is 22.9 Å². The average Bonchev–Trinajstić information content (AvgIpc) is 3.16. The summed E-state index contributed by atoms with van der Waals surface area (Å²) in [5.41, 5.74) is -0.765. The molecule has 0 radical (unpaired) electrons. The van der Waals surface area contributed by atoms with Crippen LogP contribution in [0.15, 0.2) is 24.3 Å². The second-order valence-corrected chi connectivity index (χ2v) is 6.44. The second-order valence-electron chi connectivity index (χ2n) is 5.01. The van der Waals surface area contributed by atoms with Crippen LogP contribution in [0, 0.1) is 5.41 Å². The standard InChI is InChI=1S/C14H12ClNO3S/c15-10-8-3-1-2-4-9(8)20-11(10)12(17)16-7-14(5-6-14)13(18)19/h1-4H,5-7H2,(H,16,17)(H,18,19). The molecule has 1 aromatic carbocycles. The summed E-state index contributed by atoms with van der Waals surface area (Å²) < 4.78 is 0.946. The maximum atomic E-state index is 12.2. The van der Waals surface area contributed by atoms with Crippen molar-refractivity contribution in [1.29, 1.82) is 0 Å². The lowest BCUT2D eigenvalue weighted by atomic mass is 10.1. The molecule has 1 aromatic heterocycles. The Morgan fingerprint density at radius 1 is 1.35 bits per heavy atom. The van der Waals surface area contributed by atoms with Crippen LogP contribution in [0.3, 0.4) is 0 Å². The predicted octanol–water partition coefficient (Wildman–Crippen LogP) is 3.15. The molecule has 3 rings (SSSR count). The molecule has 0 saturated heterocycles. The van der Waals surface area contributed by atoms with E-state index in [1.807, 2.05) is 24.3 Å². The van der Waals surface area contributed by atoms with Crippen molar-refractivity contribution < 1.29 is 14.7 Å². The van der Waals surface area contributed by atoms with E-state index in [9.17, 15) is 9.59 Å². The average molecular weight is 310 g/mol. The molecule has 104 valence electrons. The molecular formula is C14H12ClNO3S. The molecular weight excluding hydrogens is 298 g/mol. The van der Waals surface area contributed by atoms with Crippen molar-refractivity contribution in [2.45, 2.75) is 12.8 Å². The molecule has 1 fully saturated rings. The number of hydrogen-bond donors (Lipinski definition) is 2. The van der Waals surface area contributed by atoms with Gasteiger partial charge in [0.05, 0.1) is 10.4 Å². The SMILES string of the molecule is O=C(NCC1(C(=O)O)CC1)c1sc2ccccc2c1Cl. The van der Waals surface area contributed by atoms with E-state index in [1.54, 1.807) is 0 Å². The maximum absolute atomic E-state index is 12.2. The van der Waals surface area contributed by atoms with Gasteiger partial charge in [-0.15, -0.1) is 11.3 Å². The number of aliphatic carboxylic acids is 1. The molecule has 1 saturated carbocycles. The number of nitrogens with one attached hydrogen (secondary N) is 1. The lowest BCUT2D eigenvalue weighted by molar-refractivity contribution is -0.143. The van der Waals surface area contributed by atoms with Gasteiger partial charge in [0.2, 0.25) is 0 Å². The molecule has 1 aliphatic rings. The monoisotopic (exact) mass is 309 g/mol. The lowest BCUT2D eigenvalue weighted by Crippen LogP contribution is -2.33. The van der Waals surface area contributed by atoms with E-state index < -0.39 is 11.4 Å². The highest BCUT2D eigenvalue weighted by Gasteiger charge is 2.50. The quantitative estimate of drug-likeness (QED) is 0.911. The highest BCUT2D eigenvalue weighted by atomic mass is 35.5. The molecule has 0 spiro atoms. The Balaban J connectivity index is 1.79. The normalized spacial score (nSPS) is 16.1. The first kappa shape index (κ1) is 13.4. The largest absolute Gasteiger partial charge is 0.481 e. The van der Waals surface area contributed by atoms with E-state index in [2.05, 4.69) is 5.32 Å². The fourth-order valence-electron chi connectivity index (χ4n) is 2.11. The van der Waals surface area contributed by atoms with Gasteiger partial charge in [0.1, 0.15) is 4.88 Å². The van der Waals surface area contributed by atoms with Gasteiger partial charge in [0.15, 0.2) is 0 Å². The number of rotatable bonds is 4. The van der Waals surface area contributed by atoms with Gasteiger partial charge in [-0.25, -0.2) is 0 Å². The summed E-state index contributed by atoms with van der Waals surface area (Å²) in [5.74, 6) is -1.15. The van der Waals surface area contributed by atoms with E-state index in [0.717, 1.165) is 10.1 Å². The number of halogens is 1. The van der Waals surface area contributed by atoms with Gasteiger partial charge in [0.25, 0.3) is 5.91 Å². The van der Waals surface area contributed by atoms with Crippen LogP contribution in [0.4, 0.5) is 0 Å². The van der Waals surface area contributed by atoms with E-state index in [4.69, 9.17) is 16.7 Å². The molecule has 0 aliphatic heterocycles. The Bertz CT molecular complexity index is 706. The number of fused-ring (bicyclic) bond motifs is 1. The Kier molecular flexibility index (Phi) is 3.18. The zero-order valence-electron chi connectivity index (χ0n) is 10.5. The molecule has 0 unspecified atom stereocenters. The van der Waals surface area contributed by atoms with Crippen LogP contribution in [-0.2, 0) is 4.79 Å². The van der Waals surface area contributed by atoms with Crippen molar-refractivity contribution in [2.75, 3.05) is 6.54 Å². The number of thiophene rings is 1. The Morgan fingerprint density at radius 2 is 2.05 bits per heavy atom. The number of benzene rings is 1. The highest BCUT2D eigenvalue weighted by Crippen LogP contribution is 2.45. The molecule has 2 N–H and O–H groups in total. The van der Waals surface area contributed by atoms with Crippen LogP contribution in [0.5, 0.6) is 0 Å². The Labute approximate surface area is 124 Å². The van der Waals surface area contributed by atoms with Crippen LogP contribution in [0.2, 0.25) is 5.02 Å². The lowest BCUT2D eigenvalue weighted by Gasteiger charge is -2.10. The third-order valence-electron chi connectivity index (χ3n) is 3.64. The van der Waals surface area contributed by atoms with Gasteiger partial charge in [-0.2, -0.15) is 0 Å². The van der Waals surface area contributed by atoms with E-state index >= 15 is 0 Å². The zero-order chi connectivity index (χ0) is 14.3. The fraction of sp³-hybridized carbons (Fsp3) is 0.286. The molecule has 0 bridgehead atoms. The summed E-state index contributed by atoms with van der Waals surface area (Å²) in [7, 11) is 0. The smallest absolute Gasteiger partial charge is 0.311 e. The first-order chi connectivity index (χ1) is 9.53. The van der Waals surface area contributed by atoms with Gasteiger partial charge in [-0.3, -0.25) is 9.59 Å². The predicted molar refractivity (Wildman–Crippen MR) is 78.5 cm³/mol. The van der Waals surface area contributed by atoms with Crippen LogP contribution in [-0.4, -0.2) is 23.5 Å². The number of amides is 1. The minimum absolute atomic E-state index is 0.158. The van der Waals surface area contributed by atoms with Crippen LogP contribution < -0.4 is 5.32 Å². The number of carbonyl (C=O) groups is 2. The second kappa shape index (κ2) is 4.75. The fourth-order valence-corrected chi connectivity index (χ4v) is 3.54. The summed E-state index contributed by atoms with van der Waals surface area (Å²) >= 11 is 7.53. The van der Waals surface area contributed by atoms with Crippen LogP contribution in [0.1, 0.15) is 22.5 Å². The first-order valence-corrected chi connectivity index (χ1v) is 7.42. The number of carbonyl (C=O) groups excluding carboxylic acids is 1. The minimum atomic E-state index is -0.847. The molecule has 4 nitrogen and oxygen atoms in total. The van der Waals surface area contributed by atoms with Crippen LogP contribution in [0.25, 0.3) is 10.1 Å². The maximum Gasteiger partial charge on any atom is 0.311 e.